The molecule has 0 aliphatic heterocycles. The lowest BCUT2D eigenvalue weighted by atomic mass is 9.96. The van der Waals surface area contributed by atoms with Gasteiger partial charge in [0.15, 0.2) is 0 Å². The number of nitrogens with zero attached hydrogens (tertiary/aromatic N) is 1. The summed E-state index contributed by atoms with van der Waals surface area (Å²) in [4.78, 5) is 0. The quantitative estimate of drug-likeness (QED) is 0.824. The summed E-state index contributed by atoms with van der Waals surface area (Å²) in [5.74, 6) is 0.773. The predicted octanol–water partition coefficient (Wildman–Crippen LogP) is 4.05. The normalized spacial score (nSPS) is 10.0. The van der Waals surface area contributed by atoms with Crippen molar-refractivity contribution in [2.75, 3.05) is 7.11 Å². The maximum Gasteiger partial charge on any atom is 0.123 e. The zero-order valence-corrected chi connectivity index (χ0v) is 11.5. The number of nitriles is 1. The Bertz CT molecular complexity index is 638. The molecule has 96 valence electrons. The van der Waals surface area contributed by atoms with E-state index in [0.717, 1.165) is 16.9 Å². The fourth-order valence-electron chi connectivity index (χ4n) is 2.31. The van der Waals surface area contributed by atoms with E-state index in [1.165, 1.54) is 16.7 Å². The van der Waals surface area contributed by atoms with E-state index in [1.54, 1.807) is 7.11 Å². The molecule has 0 atom stereocenters. The fraction of sp³-hybridized carbons (Fsp3) is 0.235. The van der Waals surface area contributed by atoms with Crippen molar-refractivity contribution in [3.8, 4) is 22.9 Å². The number of rotatable bonds is 3. The molecule has 0 N–H and O–H groups in total. The molecule has 0 heterocycles. The first-order chi connectivity index (χ1) is 9.15. The first-order valence-corrected chi connectivity index (χ1v) is 6.27. The van der Waals surface area contributed by atoms with Crippen molar-refractivity contribution in [1.29, 1.82) is 5.26 Å². The number of ether oxygens (including phenoxy) is 1. The Labute approximate surface area is 114 Å². The van der Waals surface area contributed by atoms with Crippen molar-refractivity contribution in [1.82, 2.24) is 0 Å². The van der Waals surface area contributed by atoms with Crippen LogP contribution in [0.25, 0.3) is 11.1 Å². The van der Waals surface area contributed by atoms with Crippen molar-refractivity contribution in [3.05, 3.63) is 53.1 Å². The molecule has 2 aromatic carbocycles. The number of benzene rings is 2. The topological polar surface area (TPSA) is 33.0 Å². The molecule has 0 amide bonds. The Balaban J connectivity index is 2.51. The molecule has 2 nitrogen and oxygen atoms in total. The summed E-state index contributed by atoms with van der Waals surface area (Å²) >= 11 is 0. The molecule has 0 unspecified atom stereocenters. The third-order valence-electron chi connectivity index (χ3n) is 3.24. The average molecular weight is 251 g/mol. The molecule has 0 aromatic heterocycles. The van der Waals surface area contributed by atoms with Gasteiger partial charge in [0.05, 0.1) is 19.6 Å². The predicted molar refractivity (Wildman–Crippen MR) is 77.2 cm³/mol. The van der Waals surface area contributed by atoms with Crippen LogP contribution in [0.1, 0.15) is 16.7 Å². The maximum atomic E-state index is 8.89. The number of methoxy groups -OCH3 is 1. The number of hydrogen-bond acceptors (Lipinski definition) is 2. The van der Waals surface area contributed by atoms with E-state index < -0.39 is 0 Å². The zero-order chi connectivity index (χ0) is 13.8. The lowest BCUT2D eigenvalue weighted by Gasteiger charge is -2.11. The summed E-state index contributed by atoms with van der Waals surface area (Å²) < 4.78 is 5.29. The molecule has 19 heavy (non-hydrogen) atoms. The van der Waals surface area contributed by atoms with Crippen molar-refractivity contribution in [2.45, 2.75) is 20.3 Å². The van der Waals surface area contributed by atoms with Gasteiger partial charge in [-0.05, 0) is 42.7 Å². The minimum absolute atomic E-state index is 0.363. The van der Waals surface area contributed by atoms with Gasteiger partial charge in [-0.15, -0.1) is 0 Å². The summed E-state index contributed by atoms with van der Waals surface area (Å²) in [7, 11) is 1.63. The van der Waals surface area contributed by atoms with Crippen LogP contribution < -0.4 is 4.74 Å². The van der Waals surface area contributed by atoms with Crippen LogP contribution >= 0.6 is 0 Å². The van der Waals surface area contributed by atoms with Crippen molar-refractivity contribution >= 4 is 0 Å². The second kappa shape index (κ2) is 5.58. The first kappa shape index (κ1) is 13.2. The lowest BCUT2D eigenvalue weighted by molar-refractivity contribution is 0.411. The molecule has 0 radical (unpaired) electrons. The second-order valence-electron chi connectivity index (χ2n) is 4.68. The number of hydrogen-bond donors (Lipinski definition) is 0. The summed E-state index contributed by atoms with van der Waals surface area (Å²) in [6.45, 7) is 4.20. The zero-order valence-electron chi connectivity index (χ0n) is 11.5. The minimum atomic E-state index is 0.363. The minimum Gasteiger partial charge on any atom is -0.496 e. The second-order valence-corrected chi connectivity index (χ2v) is 4.68. The summed E-state index contributed by atoms with van der Waals surface area (Å²) in [6, 6.07) is 14.6. The van der Waals surface area contributed by atoms with E-state index in [0.29, 0.717) is 6.42 Å². The summed E-state index contributed by atoms with van der Waals surface area (Å²) in [6.07, 6.45) is 0.363. The molecule has 0 aliphatic rings. The van der Waals surface area contributed by atoms with Gasteiger partial charge in [-0.2, -0.15) is 5.26 Å². The lowest BCUT2D eigenvalue weighted by Crippen LogP contribution is -1.93. The van der Waals surface area contributed by atoms with Gasteiger partial charge in [-0.1, -0.05) is 29.8 Å². The molecular weight excluding hydrogens is 234 g/mol. The Kier molecular flexibility index (Phi) is 3.87. The van der Waals surface area contributed by atoms with Gasteiger partial charge in [0, 0.05) is 5.56 Å². The SMILES string of the molecule is COc1ccc(-c2ccc(C)cc2C)cc1CC#N. The van der Waals surface area contributed by atoms with Crippen LogP contribution in [-0.2, 0) is 6.42 Å². The van der Waals surface area contributed by atoms with Crippen molar-refractivity contribution in [2.24, 2.45) is 0 Å². The Morgan fingerprint density at radius 1 is 1.11 bits per heavy atom. The molecule has 2 heteroatoms. The molecule has 2 rings (SSSR count). The van der Waals surface area contributed by atoms with Crippen LogP contribution in [-0.4, -0.2) is 7.11 Å². The summed E-state index contributed by atoms with van der Waals surface area (Å²) in [5, 5.41) is 8.89. The van der Waals surface area contributed by atoms with Gasteiger partial charge in [-0.3, -0.25) is 0 Å². The molecule has 0 bridgehead atoms. The highest BCUT2D eigenvalue weighted by molar-refractivity contribution is 5.69. The third kappa shape index (κ3) is 2.77. The van der Waals surface area contributed by atoms with Crippen LogP contribution in [0, 0.1) is 25.2 Å². The molecule has 0 aliphatic carbocycles. The smallest absolute Gasteiger partial charge is 0.123 e. The molecule has 2 aromatic rings. The molecule has 0 fully saturated rings. The van der Waals surface area contributed by atoms with Crippen LogP contribution in [0.5, 0.6) is 5.75 Å². The van der Waals surface area contributed by atoms with Crippen LogP contribution in [0.4, 0.5) is 0 Å². The van der Waals surface area contributed by atoms with Crippen LogP contribution in [0.3, 0.4) is 0 Å². The van der Waals surface area contributed by atoms with E-state index in [9.17, 15) is 0 Å². The third-order valence-corrected chi connectivity index (χ3v) is 3.24. The van der Waals surface area contributed by atoms with Gasteiger partial charge in [0.25, 0.3) is 0 Å². The highest BCUT2D eigenvalue weighted by Gasteiger charge is 2.07. The van der Waals surface area contributed by atoms with E-state index >= 15 is 0 Å². The van der Waals surface area contributed by atoms with Gasteiger partial charge < -0.3 is 4.74 Å². The number of aryl methyl sites for hydroxylation is 2. The Morgan fingerprint density at radius 2 is 1.89 bits per heavy atom. The molecular formula is C17H17NO. The van der Waals surface area contributed by atoms with Gasteiger partial charge in [-0.25, -0.2) is 0 Å². The first-order valence-electron chi connectivity index (χ1n) is 6.27. The average Bonchev–Trinajstić information content (AvgIpc) is 2.39. The van der Waals surface area contributed by atoms with Crippen molar-refractivity contribution in [3.63, 3.8) is 0 Å². The highest BCUT2D eigenvalue weighted by Crippen LogP contribution is 2.29. The molecule has 0 saturated heterocycles. The maximum absolute atomic E-state index is 8.89. The van der Waals surface area contributed by atoms with E-state index in [1.807, 2.05) is 18.2 Å². The fourth-order valence-corrected chi connectivity index (χ4v) is 2.31. The van der Waals surface area contributed by atoms with E-state index in [-0.39, 0.29) is 0 Å². The Morgan fingerprint density at radius 3 is 2.53 bits per heavy atom. The van der Waals surface area contributed by atoms with E-state index in [4.69, 9.17) is 10.00 Å². The molecule has 0 saturated carbocycles. The van der Waals surface area contributed by atoms with Gasteiger partial charge >= 0.3 is 0 Å². The largest absolute Gasteiger partial charge is 0.496 e. The highest BCUT2D eigenvalue weighted by atomic mass is 16.5. The van der Waals surface area contributed by atoms with Crippen LogP contribution in [0.2, 0.25) is 0 Å². The van der Waals surface area contributed by atoms with E-state index in [2.05, 4.69) is 38.1 Å². The van der Waals surface area contributed by atoms with Crippen molar-refractivity contribution < 1.29 is 4.74 Å². The van der Waals surface area contributed by atoms with Crippen LogP contribution in [0.15, 0.2) is 36.4 Å². The monoisotopic (exact) mass is 251 g/mol. The molecule has 0 spiro atoms. The standard InChI is InChI=1S/C17H17NO/c1-12-4-6-16(13(2)10-12)14-5-7-17(19-3)15(11-14)8-9-18/h4-7,10-11H,8H2,1-3H3. The van der Waals surface area contributed by atoms with Gasteiger partial charge in [0.2, 0.25) is 0 Å². The summed E-state index contributed by atoms with van der Waals surface area (Å²) in [5.41, 5.74) is 5.76. The van der Waals surface area contributed by atoms with Gasteiger partial charge in [0.1, 0.15) is 5.75 Å². The Hall–Kier alpha value is -2.27.